The maximum Gasteiger partial charge on any atom is 0.113 e. The Hall–Kier alpha value is -1.39. The highest BCUT2D eigenvalue weighted by Crippen LogP contribution is 2.38. The zero-order chi connectivity index (χ0) is 15.0. The van der Waals surface area contributed by atoms with E-state index in [-0.39, 0.29) is 5.60 Å². The molecule has 0 amide bonds. The van der Waals surface area contributed by atoms with Gasteiger partial charge in [0.2, 0.25) is 0 Å². The van der Waals surface area contributed by atoms with Crippen LogP contribution >= 0.6 is 0 Å². The molecule has 0 saturated heterocycles. The topological polar surface area (TPSA) is 53.1 Å². The molecule has 0 atom stereocenters. The Labute approximate surface area is 126 Å². The van der Waals surface area contributed by atoms with E-state index < -0.39 is 0 Å². The molecule has 2 N–H and O–H groups in total. The normalized spacial score (nSPS) is 17.4. The molecule has 1 heterocycles. The van der Waals surface area contributed by atoms with Crippen molar-refractivity contribution in [2.45, 2.75) is 57.7 Å². The highest BCUT2D eigenvalue weighted by Gasteiger charge is 2.38. The summed E-state index contributed by atoms with van der Waals surface area (Å²) >= 11 is 0. The molecule has 4 nitrogen and oxygen atoms in total. The van der Waals surface area contributed by atoms with Crippen LogP contribution in [-0.2, 0) is 17.7 Å². The minimum absolute atomic E-state index is 0.00468. The van der Waals surface area contributed by atoms with E-state index in [1.54, 1.807) is 0 Å². The van der Waals surface area contributed by atoms with Crippen LogP contribution in [0.5, 0.6) is 0 Å². The van der Waals surface area contributed by atoms with Gasteiger partial charge in [-0.25, -0.2) is 4.98 Å². The van der Waals surface area contributed by atoms with Gasteiger partial charge in [-0.05, 0) is 50.8 Å². The molecule has 1 saturated carbocycles. The number of nitrogens with two attached hydrogens (primary N) is 1. The fraction of sp³-hybridized carbons (Fsp3) is 0.588. The van der Waals surface area contributed by atoms with Gasteiger partial charge in [0, 0.05) is 26.1 Å². The largest absolute Gasteiger partial charge is 0.378 e. The average Bonchev–Trinajstić information content (AvgIpc) is 2.79. The molecule has 0 radical (unpaired) electrons. The van der Waals surface area contributed by atoms with Gasteiger partial charge >= 0.3 is 0 Å². The molecule has 1 aromatic heterocycles. The van der Waals surface area contributed by atoms with Crippen molar-refractivity contribution in [3.05, 3.63) is 29.6 Å². The summed E-state index contributed by atoms with van der Waals surface area (Å²) < 4.78 is 8.12. The molecule has 1 aromatic carbocycles. The molecule has 3 rings (SSSR count). The summed E-state index contributed by atoms with van der Waals surface area (Å²) in [5, 5.41) is 0. The quantitative estimate of drug-likeness (QED) is 0.919. The molecule has 1 aliphatic rings. The summed E-state index contributed by atoms with van der Waals surface area (Å²) in [5.41, 5.74) is 9.13. The van der Waals surface area contributed by atoms with Crippen LogP contribution in [0.1, 0.15) is 50.5 Å². The minimum atomic E-state index is 0.00468. The predicted molar refractivity (Wildman–Crippen MR) is 85.3 cm³/mol. The first-order chi connectivity index (χ1) is 10.1. The van der Waals surface area contributed by atoms with Crippen molar-refractivity contribution in [3.8, 4) is 0 Å². The number of hydrogen-bond acceptors (Lipinski definition) is 3. The second-order valence-corrected chi connectivity index (χ2v) is 6.44. The van der Waals surface area contributed by atoms with Crippen molar-refractivity contribution < 1.29 is 4.74 Å². The highest BCUT2D eigenvalue weighted by atomic mass is 16.5. The number of aromatic nitrogens is 2. The molecule has 21 heavy (non-hydrogen) atoms. The van der Waals surface area contributed by atoms with Crippen LogP contribution in [-0.4, -0.2) is 22.3 Å². The first-order valence-electron chi connectivity index (χ1n) is 7.83. The Morgan fingerprint density at radius 3 is 2.67 bits per heavy atom. The minimum Gasteiger partial charge on any atom is -0.378 e. The summed E-state index contributed by atoms with van der Waals surface area (Å²) in [4.78, 5) is 4.88. The molecule has 0 spiro atoms. The van der Waals surface area contributed by atoms with Crippen molar-refractivity contribution in [2.75, 3.05) is 7.11 Å². The van der Waals surface area contributed by atoms with Crippen LogP contribution in [0.2, 0.25) is 0 Å². The number of imidazole rings is 1. The summed E-state index contributed by atoms with van der Waals surface area (Å²) in [5.74, 6) is 1.13. The number of nitrogens with zero attached hydrogens (tertiary/aromatic N) is 2. The van der Waals surface area contributed by atoms with Gasteiger partial charge in [-0.1, -0.05) is 6.07 Å². The number of hydrogen-bond donors (Lipinski definition) is 1. The Balaban J connectivity index is 2.06. The van der Waals surface area contributed by atoms with E-state index in [0.717, 1.165) is 36.2 Å². The Kier molecular flexibility index (Phi) is 3.76. The lowest BCUT2D eigenvalue weighted by molar-refractivity contribution is -0.0726. The summed E-state index contributed by atoms with van der Waals surface area (Å²) in [6.07, 6.45) is 4.43. The number of ether oxygens (including phenoxy) is 1. The third-order valence-electron chi connectivity index (χ3n) is 4.76. The van der Waals surface area contributed by atoms with Crippen molar-refractivity contribution >= 4 is 11.0 Å². The standard InChI is InChI=1S/C17H25N3O/c1-12(2)20-15-6-5-13(11-18)9-14(15)19-16(20)10-17(21-3)7-4-8-17/h5-6,9,12H,4,7-8,10-11,18H2,1-3H3. The van der Waals surface area contributed by atoms with Crippen molar-refractivity contribution in [3.63, 3.8) is 0 Å². The smallest absolute Gasteiger partial charge is 0.113 e. The number of methoxy groups -OCH3 is 1. The lowest BCUT2D eigenvalue weighted by atomic mass is 9.77. The van der Waals surface area contributed by atoms with Crippen LogP contribution in [0.4, 0.5) is 0 Å². The molecule has 1 aliphatic carbocycles. The molecule has 4 heteroatoms. The van der Waals surface area contributed by atoms with E-state index in [1.165, 1.54) is 11.9 Å². The summed E-state index contributed by atoms with van der Waals surface area (Å²) in [6.45, 7) is 4.98. The summed E-state index contributed by atoms with van der Waals surface area (Å²) in [6, 6.07) is 6.75. The van der Waals surface area contributed by atoms with Crippen molar-refractivity contribution in [2.24, 2.45) is 5.73 Å². The zero-order valence-corrected chi connectivity index (χ0v) is 13.2. The number of rotatable bonds is 5. The predicted octanol–water partition coefficient (Wildman–Crippen LogP) is 3.19. The Morgan fingerprint density at radius 1 is 1.38 bits per heavy atom. The third-order valence-corrected chi connectivity index (χ3v) is 4.76. The number of fused-ring (bicyclic) bond motifs is 1. The Morgan fingerprint density at radius 2 is 2.14 bits per heavy atom. The van der Waals surface area contributed by atoms with Gasteiger partial charge in [-0.15, -0.1) is 0 Å². The highest BCUT2D eigenvalue weighted by molar-refractivity contribution is 5.77. The molecule has 0 aliphatic heterocycles. The SMILES string of the molecule is COC1(Cc2nc3cc(CN)ccc3n2C(C)C)CCC1. The Bertz CT molecular complexity index is 635. The van der Waals surface area contributed by atoms with E-state index in [9.17, 15) is 0 Å². The fourth-order valence-electron chi connectivity index (χ4n) is 3.33. The van der Waals surface area contributed by atoms with Gasteiger partial charge in [-0.2, -0.15) is 0 Å². The van der Waals surface area contributed by atoms with Crippen molar-refractivity contribution in [1.29, 1.82) is 0 Å². The molecule has 114 valence electrons. The maximum absolute atomic E-state index is 5.78. The molecular weight excluding hydrogens is 262 g/mol. The van der Waals surface area contributed by atoms with Crippen molar-refractivity contribution in [1.82, 2.24) is 9.55 Å². The number of benzene rings is 1. The fourth-order valence-corrected chi connectivity index (χ4v) is 3.33. The van der Waals surface area contributed by atoms with Crippen LogP contribution < -0.4 is 5.73 Å². The van der Waals surface area contributed by atoms with Crippen LogP contribution in [0.25, 0.3) is 11.0 Å². The maximum atomic E-state index is 5.78. The van der Waals surface area contributed by atoms with E-state index in [2.05, 4.69) is 36.6 Å². The van der Waals surface area contributed by atoms with Gasteiger partial charge < -0.3 is 15.0 Å². The van der Waals surface area contributed by atoms with E-state index >= 15 is 0 Å². The molecule has 1 fully saturated rings. The van der Waals surface area contributed by atoms with Crippen LogP contribution in [0, 0.1) is 0 Å². The van der Waals surface area contributed by atoms with E-state index in [4.69, 9.17) is 15.5 Å². The zero-order valence-electron chi connectivity index (χ0n) is 13.2. The monoisotopic (exact) mass is 287 g/mol. The van der Waals surface area contributed by atoms with Gasteiger partial charge in [0.05, 0.1) is 16.6 Å². The van der Waals surface area contributed by atoms with E-state index in [1.807, 2.05) is 7.11 Å². The van der Waals surface area contributed by atoms with E-state index in [0.29, 0.717) is 12.6 Å². The van der Waals surface area contributed by atoms with Gasteiger partial charge in [0.25, 0.3) is 0 Å². The summed E-state index contributed by atoms with van der Waals surface area (Å²) in [7, 11) is 1.83. The van der Waals surface area contributed by atoms with Crippen LogP contribution in [0.15, 0.2) is 18.2 Å². The van der Waals surface area contributed by atoms with Crippen LogP contribution in [0.3, 0.4) is 0 Å². The second-order valence-electron chi connectivity index (χ2n) is 6.44. The third kappa shape index (κ3) is 2.47. The second kappa shape index (κ2) is 5.43. The first-order valence-corrected chi connectivity index (χ1v) is 7.83. The molecule has 0 unspecified atom stereocenters. The first kappa shape index (κ1) is 14.5. The lowest BCUT2D eigenvalue weighted by Crippen LogP contribution is -2.42. The lowest BCUT2D eigenvalue weighted by Gasteiger charge is -2.40. The molecular formula is C17H25N3O. The van der Waals surface area contributed by atoms with Gasteiger partial charge in [0.15, 0.2) is 0 Å². The molecule has 2 aromatic rings. The molecule has 0 bridgehead atoms. The van der Waals surface area contributed by atoms with Gasteiger partial charge in [-0.3, -0.25) is 0 Å². The average molecular weight is 287 g/mol. The van der Waals surface area contributed by atoms with Gasteiger partial charge in [0.1, 0.15) is 5.82 Å².